The Kier molecular flexibility index (Phi) is 8.20. The summed E-state index contributed by atoms with van der Waals surface area (Å²) in [5.74, 6) is 2.35. The van der Waals surface area contributed by atoms with Crippen LogP contribution in [0.25, 0.3) is 0 Å². The molecule has 0 bridgehead atoms. The van der Waals surface area contributed by atoms with Crippen molar-refractivity contribution in [1.82, 2.24) is 10.6 Å². The summed E-state index contributed by atoms with van der Waals surface area (Å²) in [4.78, 5) is 4.72. The number of benzene rings is 1. The molecule has 6 nitrogen and oxygen atoms in total. The van der Waals surface area contributed by atoms with Gasteiger partial charge in [0, 0.05) is 24.6 Å². The molecule has 3 rings (SSSR count). The fourth-order valence-corrected chi connectivity index (χ4v) is 5.21. The largest absolute Gasteiger partial charge is 0.493 e. The summed E-state index contributed by atoms with van der Waals surface area (Å²) in [6, 6.07) is 8.51. The first-order chi connectivity index (χ1) is 12.5. The van der Waals surface area contributed by atoms with Crippen LogP contribution in [0.3, 0.4) is 0 Å². The predicted molar refractivity (Wildman–Crippen MR) is 120 cm³/mol. The van der Waals surface area contributed by atoms with Crippen molar-refractivity contribution in [2.24, 2.45) is 10.9 Å². The van der Waals surface area contributed by atoms with E-state index in [9.17, 15) is 8.42 Å². The Bertz CT molecular complexity index is 754. The van der Waals surface area contributed by atoms with E-state index < -0.39 is 9.84 Å². The van der Waals surface area contributed by atoms with E-state index in [0.29, 0.717) is 31.4 Å². The molecule has 0 aliphatic carbocycles. The van der Waals surface area contributed by atoms with Gasteiger partial charge in [0.15, 0.2) is 15.8 Å². The van der Waals surface area contributed by atoms with Crippen molar-refractivity contribution in [3.63, 3.8) is 0 Å². The van der Waals surface area contributed by atoms with Crippen molar-refractivity contribution in [2.75, 3.05) is 24.7 Å². The summed E-state index contributed by atoms with van der Waals surface area (Å²) < 4.78 is 29.1. The fourth-order valence-electron chi connectivity index (χ4n) is 3.36. The topological polar surface area (TPSA) is 79.8 Å². The van der Waals surface area contributed by atoms with Crippen LogP contribution in [0.1, 0.15) is 44.7 Å². The Labute approximate surface area is 179 Å². The molecule has 1 aromatic rings. The van der Waals surface area contributed by atoms with Crippen molar-refractivity contribution in [3.05, 3.63) is 29.8 Å². The average Bonchev–Trinajstić information content (AvgIpc) is 2.98. The number of hydrogen-bond donors (Lipinski definition) is 2. The zero-order valence-electron chi connectivity index (χ0n) is 16.0. The first-order valence-electron chi connectivity index (χ1n) is 9.46. The highest BCUT2D eigenvalue weighted by Crippen LogP contribution is 2.31. The molecule has 2 N–H and O–H groups in total. The molecule has 2 aliphatic heterocycles. The van der Waals surface area contributed by atoms with Crippen LogP contribution in [-0.2, 0) is 9.84 Å². The molecule has 2 heterocycles. The molecule has 0 aromatic heterocycles. The minimum absolute atomic E-state index is 0. The van der Waals surface area contributed by atoms with E-state index in [1.54, 1.807) is 0 Å². The number of nitrogens with one attached hydrogen (secondary N) is 2. The van der Waals surface area contributed by atoms with Gasteiger partial charge in [-0.2, -0.15) is 0 Å². The van der Waals surface area contributed by atoms with Gasteiger partial charge >= 0.3 is 0 Å². The molecule has 3 unspecified atom stereocenters. The van der Waals surface area contributed by atoms with E-state index >= 15 is 0 Å². The van der Waals surface area contributed by atoms with Gasteiger partial charge in [-0.15, -0.1) is 24.0 Å². The first-order valence-corrected chi connectivity index (χ1v) is 11.3. The summed E-state index contributed by atoms with van der Waals surface area (Å²) in [6.45, 7) is 5.46. The molecule has 0 saturated carbocycles. The number of ether oxygens (including phenoxy) is 1. The molecule has 2 aliphatic rings. The van der Waals surface area contributed by atoms with Crippen molar-refractivity contribution in [1.29, 1.82) is 0 Å². The minimum Gasteiger partial charge on any atom is -0.493 e. The molecule has 1 aromatic carbocycles. The second kappa shape index (κ2) is 9.95. The van der Waals surface area contributed by atoms with E-state index in [4.69, 9.17) is 9.73 Å². The summed E-state index contributed by atoms with van der Waals surface area (Å²) in [5, 5.41) is 6.97. The van der Waals surface area contributed by atoms with Crippen LogP contribution in [0.15, 0.2) is 29.3 Å². The van der Waals surface area contributed by atoms with Crippen molar-refractivity contribution >= 4 is 39.8 Å². The van der Waals surface area contributed by atoms with Crippen LogP contribution in [-0.4, -0.2) is 45.1 Å². The SMILES string of the molecule is CCC(C)NC(=NCC1CCS(=O)(=O)C1)NC1CCOc2ccccc21.I. The third-order valence-electron chi connectivity index (χ3n) is 5.10. The number of hydrogen-bond acceptors (Lipinski definition) is 4. The summed E-state index contributed by atoms with van der Waals surface area (Å²) in [6.07, 6.45) is 2.57. The number of sulfone groups is 1. The Morgan fingerprint density at radius 3 is 2.81 bits per heavy atom. The first kappa shape index (κ1) is 22.3. The maximum Gasteiger partial charge on any atom is 0.191 e. The maximum atomic E-state index is 11.7. The van der Waals surface area contributed by atoms with Gasteiger partial charge < -0.3 is 15.4 Å². The lowest BCUT2D eigenvalue weighted by Gasteiger charge is -2.29. The van der Waals surface area contributed by atoms with Crippen molar-refractivity contribution < 1.29 is 13.2 Å². The van der Waals surface area contributed by atoms with Crippen molar-refractivity contribution in [3.8, 4) is 5.75 Å². The minimum atomic E-state index is -2.86. The lowest BCUT2D eigenvalue weighted by molar-refractivity contribution is 0.261. The van der Waals surface area contributed by atoms with Crippen molar-refractivity contribution in [2.45, 2.75) is 45.2 Å². The zero-order chi connectivity index (χ0) is 18.6. The van der Waals surface area contributed by atoms with Crippen LogP contribution in [0.4, 0.5) is 0 Å². The third-order valence-corrected chi connectivity index (χ3v) is 6.94. The van der Waals surface area contributed by atoms with Gasteiger partial charge in [-0.25, -0.2) is 8.42 Å². The van der Waals surface area contributed by atoms with Crippen LogP contribution >= 0.6 is 24.0 Å². The number of halogens is 1. The average molecular weight is 507 g/mol. The molecule has 152 valence electrons. The smallest absolute Gasteiger partial charge is 0.191 e. The highest BCUT2D eigenvalue weighted by Gasteiger charge is 2.28. The monoisotopic (exact) mass is 507 g/mol. The lowest BCUT2D eigenvalue weighted by atomic mass is 10.0. The summed E-state index contributed by atoms with van der Waals surface area (Å²) in [7, 11) is -2.86. The fraction of sp³-hybridized carbons (Fsp3) is 0.632. The van der Waals surface area contributed by atoms with Crippen LogP contribution < -0.4 is 15.4 Å². The van der Waals surface area contributed by atoms with E-state index in [1.165, 1.54) is 0 Å². The highest BCUT2D eigenvalue weighted by atomic mass is 127. The van der Waals surface area contributed by atoms with Crippen LogP contribution in [0, 0.1) is 5.92 Å². The standard InChI is InChI=1S/C19H29N3O3S.HI/c1-3-14(2)21-19(20-12-15-9-11-26(23,24)13-15)22-17-8-10-25-18-7-5-4-6-16(17)18;/h4-7,14-15,17H,3,8-13H2,1-2H3,(H2,20,21,22);1H. The number of para-hydroxylation sites is 1. The number of fused-ring (bicyclic) bond motifs is 1. The lowest BCUT2D eigenvalue weighted by Crippen LogP contribution is -2.44. The molecule has 8 heteroatoms. The molecule has 1 saturated heterocycles. The number of nitrogens with zero attached hydrogens (tertiary/aromatic N) is 1. The molecule has 0 radical (unpaired) electrons. The van der Waals surface area contributed by atoms with E-state index in [-0.39, 0.29) is 41.7 Å². The van der Waals surface area contributed by atoms with Gasteiger partial charge in [-0.05, 0) is 31.7 Å². The van der Waals surface area contributed by atoms with Gasteiger partial charge in [0.1, 0.15) is 5.75 Å². The Morgan fingerprint density at radius 2 is 2.11 bits per heavy atom. The zero-order valence-corrected chi connectivity index (χ0v) is 19.1. The van der Waals surface area contributed by atoms with Gasteiger partial charge in [0.25, 0.3) is 0 Å². The van der Waals surface area contributed by atoms with E-state index in [0.717, 1.165) is 30.1 Å². The molecule has 0 spiro atoms. The normalized spacial score (nSPS) is 24.9. The van der Waals surface area contributed by atoms with Crippen LogP contribution in [0.2, 0.25) is 0 Å². The molecular formula is C19H30IN3O3S. The number of rotatable bonds is 5. The third kappa shape index (κ3) is 6.23. The molecule has 1 fully saturated rings. The molecule has 27 heavy (non-hydrogen) atoms. The predicted octanol–water partition coefficient (Wildman–Crippen LogP) is 2.90. The van der Waals surface area contributed by atoms with Crippen LogP contribution in [0.5, 0.6) is 5.75 Å². The summed E-state index contributed by atoms with van der Waals surface area (Å²) in [5.41, 5.74) is 1.14. The molecular weight excluding hydrogens is 477 g/mol. The summed E-state index contributed by atoms with van der Waals surface area (Å²) >= 11 is 0. The van der Waals surface area contributed by atoms with Gasteiger partial charge in [-0.3, -0.25) is 4.99 Å². The second-order valence-corrected chi connectivity index (χ2v) is 9.51. The Hall–Kier alpha value is -1.03. The Balaban J connectivity index is 0.00000261. The quantitative estimate of drug-likeness (QED) is 0.364. The molecule has 0 amide bonds. The maximum absolute atomic E-state index is 11.7. The van der Waals surface area contributed by atoms with E-state index in [1.807, 2.05) is 18.2 Å². The Morgan fingerprint density at radius 1 is 1.33 bits per heavy atom. The van der Waals surface area contributed by atoms with Gasteiger partial charge in [0.05, 0.1) is 24.2 Å². The number of aliphatic imine (C=N–C) groups is 1. The van der Waals surface area contributed by atoms with Gasteiger partial charge in [0.2, 0.25) is 0 Å². The highest BCUT2D eigenvalue weighted by molar-refractivity contribution is 14.0. The second-order valence-electron chi connectivity index (χ2n) is 7.28. The number of guanidine groups is 1. The van der Waals surface area contributed by atoms with Gasteiger partial charge in [-0.1, -0.05) is 25.1 Å². The van der Waals surface area contributed by atoms with E-state index in [2.05, 4.69) is 30.5 Å². The molecule has 3 atom stereocenters.